The molecule has 1 aromatic carbocycles. The lowest BCUT2D eigenvalue weighted by molar-refractivity contribution is -0.384. The van der Waals surface area contributed by atoms with Crippen molar-refractivity contribution in [3.63, 3.8) is 0 Å². The molecule has 0 fully saturated rings. The second-order valence-corrected chi connectivity index (χ2v) is 5.07. The van der Waals surface area contributed by atoms with Gasteiger partial charge < -0.3 is 15.0 Å². The van der Waals surface area contributed by atoms with E-state index >= 15 is 0 Å². The normalized spacial score (nSPS) is 10.6. The van der Waals surface area contributed by atoms with E-state index in [0.29, 0.717) is 25.1 Å². The monoisotopic (exact) mass is 335 g/mol. The van der Waals surface area contributed by atoms with Gasteiger partial charge in [-0.2, -0.15) is 0 Å². The molecule has 8 heteroatoms. The maximum absolute atomic E-state index is 11.9. The summed E-state index contributed by atoms with van der Waals surface area (Å²) in [6.45, 7) is 1.01. The summed E-state index contributed by atoms with van der Waals surface area (Å²) in [6, 6.07) is 5.82. The molecule has 0 bridgehead atoms. The molecule has 0 aliphatic carbocycles. The standard InChI is InChI=1S/C16H21N3O5/c1-18(12-15(20)17-10-3-11-24-2)16(21)9-6-13-4-7-14(8-5-13)19(22)23/h4-9H,3,10-12H2,1-2H3,(H,17,20)/b9-6+. The molecule has 2 amide bonds. The highest BCUT2D eigenvalue weighted by Gasteiger charge is 2.10. The Morgan fingerprint density at radius 3 is 2.58 bits per heavy atom. The minimum Gasteiger partial charge on any atom is -0.385 e. The van der Waals surface area contributed by atoms with Crippen molar-refractivity contribution >= 4 is 23.6 Å². The van der Waals surface area contributed by atoms with E-state index in [9.17, 15) is 19.7 Å². The summed E-state index contributed by atoms with van der Waals surface area (Å²) in [5.41, 5.74) is 0.645. The number of amides is 2. The number of nitro benzene ring substituents is 1. The van der Waals surface area contributed by atoms with Gasteiger partial charge in [-0.25, -0.2) is 0 Å². The van der Waals surface area contributed by atoms with Crippen LogP contribution in [0.25, 0.3) is 6.08 Å². The van der Waals surface area contributed by atoms with E-state index in [-0.39, 0.29) is 24.0 Å². The fourth-order valence-electron chi connectivity index (χ4n) is 1.80. The van der Waals surface area contributed by atoms with Gasteiger partial charge in [0.25, 0.3) is 5.69 Å². The lowest BCUT2D eigenvalue weighted by Crippen LogP contribution is -2.38. The number of hydrogen-bond acceptors (Lipinski definition) is 5. The average Bonchev–Trinajstić information content (AvgIpc) is 2.56. The van der Waals surface area contributed by atoms with E-state index in [1.807, 2.05) is 0 Å². The van der Waals surface area contributed by atoms with Gasteiger partial charge in [-0.15, -0.1) is 0 Å². The minimum absolute atomic E-state index is 0.0132. The molecule has 0 aliphatic rings. The van der Waals surface area contributed by atoms with Crippen LogP contribution in [-0.4, -0.2) is 55.5 Å². The van der Waals surface area contributed by atoms with E-state index in [2.05, 4.69) is 5.32 Å². The van der Waals surface area contributed by atoms with Crippen LogP contribution in [0.3, 0.4) is 0 Å². The zero-order valence-electron chi connectivity index (χ0n) is 13.7. The number of carbonyl (C=O) groups is 2. The van der Waals surface area contributed by atoms with Gasteiger partial charge in [-0.3, -0.25) is 19.7 Å². The molecule has 0 radical (unpaired) electrons. The summed E-state index contributed by atoms with van der Waals surface area (Å²) < 4.78 is 4.88. The van der Waals surface area contributed by atoms with Gasteiger partial charge in [0, 0.05) is 45.5 Å². The predicted octanol–water partition coefficient (Wildman–Crippen LogP) is 1.22. The number of likely N-dealkylation sites (N-methyl/N-ethyl adjacent to an activating group) is 1. The van der Waals surface area contributed by atoms with E-state index < -0.39 is 4.92 Å². The zero-order valence-corrected chi connectivity index (χ0v) is 13.7. The van der Waals surface area contributed by atoms with E-state index in [1.165, 1.54) is 30.2 Å². The van der Waals surface area contributed by atoms with Crippen molar-refractivity contribution in [3.8, 4) is 0 Å². The highest BCUT2D eigenvalue weighted by atomic mass is 16.6. The number of nitrogens with one attached hydrogen (secondary N) is 1. The van der Waals surface area contributed by atoms with Crippen LogP contribution in [0, 0.1) is 10.1 Å². The van der Waals surface area contributed by atoms with Gasteiger partial charge in [0.2, 0.25) is 11.8 Å². The van der Waals surface area contributed by atoms with Gasteiger partial charge >= 0.3 is 0 Å². The second kappa shape index (κ2) is 10.1. The van der Waals surface area contributed by atoms with Crippen LogP contribution in [-0.2, 0) is 14.3 Å². The van der Waals surface area contributed by atoms with Crippen LogP contribution in [0.2, 0.25) is 0 Å². The highest BCUT2D eigenvalue weighted by molar-refractivity contribution is 5.94. The Labute approximate surface area is 140 Å². The first-order valence-electron chi connectivity index (χ1n) is 7.37. The van der Waals surface area contributed by atoms with Crippen molar-refractivity contribution < 1.29 is 19.2 Å². The first-order valence-corrected chi connectivity index (χ1v) is 7.37. The molecule has 0 spiro atoms. The zero-order chi connectivity index (χ0) is 17.9. The number of methoxy groups -OCH3 is 1. The number of benzene rings is 1. The fraction of sp³-hybridized carbons (Fsp3) is 0.375. The fourth-order valence-corrected chi connectivity index (χ4v) is 1.80. The highest BCUT2D eigenvalue weighted by Crippen LogP contribution is 2.12. The molecule has 24 heavy (non-hydrogen) atoms. The number of non-ortho nitro benzene ring substituents is 1. The quantitative estimate of drug-likeness (QED) is 0.316. The smallest absolute Gasteiger partial charge is 0.269 e. The van der Waals surface area contributed by atoms with E-state index in [1.54, 1.807) is 25.3 Å². The molecule has 0 saturated carbocycles. The number of nitrogens with zero attached hydrogens (tertiary/aromatic N) is 2. The number of nitro groups is 1. The second-order valence-electron chi connectivity index (χ2n) is 5.07. The molecule has 0 saturated heterocycles. The van der Waals surface area contributed by atoms with Crippen molar-refractivity contribution in [2.24, 2.45) is 0 Å². The Morgan fingerprint density at radius 2 is 2.00 bits per heavy atom. The Kier molecular flexibility index (Phi) is 8.14. The summed E-state index contributed by atoms with van der Waals surface area (Å²) in [7, 11) is 3.11. The van der Waals surface area contributed by atoms with Crippen molar-refractivity contribution in [1.29, 1.82) is 0 Å². The van der Waals surface area contributed by atoms with Crippen LogP contribution < -0.4 is 5.32 Å². The topological polar surface area (TPSA) is 102 Å². The molecule has 0 unspecified atom stereocenters. The Morgan fingerprint density at radius 1 is 1.33 bits per heavy atom. The lowest BCUT2D eigenvalue weighted by atomic mass is 10.2. The molecule has 0 atom stereocenters. The van der Waals surface area contributed by atoms with Crippen molar-refractivity contribution in [1.82, 2.24) is 10.2 Å². The van der Waals surface area contributed by atoms with Crippen LogP contribution in [0.1, 0.15) is 12.0 Å². The number of ether oxygens (including phenoxy) is 1. The first-order chi connectivity index (χ1) is 11.4. The summed E-state index contributed by atoms with van der Waals surface area (Å²) in [5, 5.41) is 13.3. The van der Waals surface area contributed by atoms with Crippen LogP contribution >= 0.6 is 0 Å². The largest absolute Gasteiger partial charge is 0.385 e. The summed E-state index contributed by atoms with van der Waals surface area (Å²) in [4.78, 5) is 35.0. The van der Waals surface area contributed by atoms with Gasteiger partial charge in [0.05, 0.1) is 11.5 Å². The molecule has 0 aromatic heterocycles. The Balaban J connectivity index is 2.45. The third-order valence-electron chi connectivity index (χ3n) is 3.13. The van der Waals surface area contributed by atoms with Gasteiger partial charge in [0.15, 0.2) is 0 Å². The van der Waals surface area contributed by atoms with E-state index in [0.717, 1.165) is 0 Å². The van der Waals surface area contributed by atoms with Gasteiger partial charge in [0.1, 0.15) is 0 Å². The third-order valence-corrected chi connectivity index (χ3v) is 3.13. The molecular weight excluding hydrogens is 314 g/mol. The molecular formula is C16H21N3O5. The predicted molar refractivity (Wildman–Crippen MR) is 89.3 cm³/mol. The summed E-state index contributed by atoms with van der Waals surface area (Å²) >= 11 is 0. The number of carbonyl (C=O) groups excluding carboxylic acids is 2. The molecule has 1 N–H and O–H groups in total. The van der Waals surface area contributed by atoms with Crippen molar-refractivity contribution in [3.05, 3.63) is 46.0 Å². The third kappa shape index (κ3) is 7.01. The molecule has 0 heterocycles. The number of hydrogen-bond donors (Lipinski definition) is 1. The van der Waals surface area contributed by atoms with Crippen LogP contribution in [0.5, 0.6) is 0 Å². The SMILES string of the molecule is COCCCNC(=O)CN(C)C(=O)/C=C/c1ccc([N+](=O)[O-])cc1. The lowest BCUT2D eigenvalue weighted by Gasteiger charge is -2.14. The maximum atomic E-state index is 11.9. The Hall–Kier alpha value is -2.74. The molecule has 130 valence electrons. The van der Waals surface area contributed by atoms with Crippen molar-refractivity contribution in [2.45, 2.75) is 6.42 Å². The maximum Gasteiger partial charge on any atom is 0.269 e. The summed E-state index contributed by atoms with van der Waals surface area (Å²) in [5.74, 6) is -0.578. The van der Waals surface area contributed by atoms with Gasteiger partial charge in [-0.1, -0.05) is 0 Å². The molecule has 1 rings (SSSR count). The van der Waals surface area contributed by atoms with Crippen LogP contribution in [0.4, 0.5) is 5.69 Å². The van der Waals surface area contributed by atoms with Crippen LogP contribution in [0.15, 0.2) is 30.3 Å². The Bertz CT molecular complexity index is 598. The first kappa shape index (κ1) is 19.3. The van der Waals surface area contributed by atoms with E-state index in [4.69, 9.17) is 4.74 Å². The van der Waals surface area contributed by atoms with Gasteiger partial charge in [-0.05, 0) is 30.2 Å². The molecule has 1 aromatic rings. The summed E-state index contributed by atoms with van der Waals surface area (Å²) in [6.07, 6.45) is 3.57. The van der Waals surface area contributed by atoms with Crippen molar-refractivity contribution in [2.75, 3.05) is 33.9 Å². The molecule has 0 aliphatic heterocycles. The molecule has 8 nitrogen and oxygen atoms in total. The minimum atomic E-state index is -0.488. The number of rotatable bonds is 9. The average molecular weight is 335 g/mol.